The van der Waals surface area contributed by atoms with Gasteiger partial charge in [-0.25, -0.2) is 4.79 Å². The van der Waals surface area contributed by atoms with E-state index >= 15 is 0 Å². The van der Waals surface area contributed by atoms with Crippen molar-refractivity contribution in [3.05, 3.63) is 124 Å². The fourth-order valence-corrected chi connectivity index (χ4v) is 4.09. The highest BCUT2D eigenvalue weighted by Gasteiger charge is 2.41. The molecule has 1 amide bonds. The molecule has 0 aromatic heterocycles. The number of nitro groups is 1. The Morgan fingerprint density at radius 2 is 1.38 bits per heavy atom. The first kappa shape index (κ1) is 22.7. The number of non-ortho nitro benzene ring substituents is 1. The average Bonchev–Trinajstić information content (AvgIpc) is 2.84. The third-order valence-corrected chi connectivity index (χ3v) is 5.80. The Balaban J connectivity index is 1.74. The molecule has 4 aromatic rings. The summed E-state index contributed by atoms with van der Waals surface area (Å²) in [6.07, 6.45) is -0.0115. The lowest BCUT2D eigenvalue weighted by Crippen LogP contribution is -2.57. The number of amides is 1. The minimum atomic E-state index is -1.68. The number of nitrogens with one attached hydrogen (secondary N) is 1. The third-order valence-electron chi connectivity index (χ3n) is 5.80. The molecular formula is C27H22N2O5. The quantitative estimate of drug-likeness (QED) is 0.294. The third kappa shape index (κ3) is 4.78. The minimum absolute atomic E-state index is 0.0384. The van der Waals surface area contributed by atoms with Crippen LogP contribution in [0.2, 0.25) is 0 Å². The van der Waals surface area contributed by atoms with Crippen molar-refractivity contribution < 1.29 is 19.6 Å². The number of nitro benzene ring substituents is 1. The fraction of sp³-hybridized carbons (Fsp3) is 0.111. The predicted molar refractivity (Wildman–Crippen MR) is 129 cm³/mol. The highest BCUT2D eigenvalue weighted by Crippen LogP contribution is 2.25. The fourth-order valence-electron chi connectivity index (χ4n) is 4.09. The van der Waals surface area contributed by atoms with E-state index in [0.717, 1.165) is 16.3 Å². The zero-order valence-corrected chi connectivity index (χ0v) is 18.2. The Bertz CT molecular complexity index is 1350. The number of carboxylic acids is 1. The van der Waals surface area contributed by atoms with Gasteiger partial charge in [0.05, 0.1) is 4.92 Å². The van der Waals surface area contributed by atoms with Crippen LogP contribution in [0.3, 0.4) is 0 Å². The van der Waals surface area contributed by atoms with Gasteiger partial charge in [-0.2, -0.15) is 0 Å². The number of hydrogen-bond acceptors (Lipinski definition) is 4. The van der Waals surface area contributed by atoms with Gasteiger partial charge < -0.3 is 10.4 Å². The molecule has 0 saturated carbocycles. The SMILES string of the molecule is O=C(N[C@@](Cc1ccccc1)(Cc1ccc([N+](=O)[O-])cc1)C(=O)O)c1cccc2ccccc12. The smallest absolute Gasteiger partial charge is 0.330 e. The van der Waals surface area contributed by atoms with Crippen LogP contribution in [0.25, 0.3) is 10.8 Å². The van der Waals surface area contributed by atoms with Gasteiger partial charge in [0.25, 0.3) is 11.6 Å². The first-order valence-corrected chi connectivity index (χ1v) is 10.7. The molecule has 7 heteroatoms. The summed E-state index contributed by atoms with van der Waals surface area (Å²) in [6.45, 7) is 0. The molecule has 0 fully saturated rings. The van der Waals surface area contributed by atoms with Gasteiger partial charge >= 0.3 is 5.97 Å². The number of rotatable bonds is 8. The molecule has 7 nitrogen and oxygen atoms in total. The molecule has 0 aliphatic heterocycles. The van der Waals surface area contributed by atoms with E-state index in [0.29, 0.717) is 11.1 Å². The maximum Gasteiger partial charge on any atom is 0.330 e. The standard InChI is InChI=1S/C27H22N2O5/c30-25(24-12-6-10-21-9-4-5-11-23(21)24)28-27(26(31)32,17-19-7-2-1-3-8-19)18-20-13-15-22(16-14-20)29(33)34/h1-16H,17-18H2,(H,28,30)(H,31,32)/t27-/m0/s1. The molecule has 34 heavy (non-hydrogen) atoms. The Morgan fingerprint density at radius 1 is 0.794 bits per heavy atom. The van der Waals surface area contributed by atoms with Gasteiger partial charge in [-0.15, -0.1) is 0 Å². The number of aliphatic carboxylic acids is 1. The molecule has 0 unspecified atom stereocenters. The Kier molecular flexibility index (Phi) is 6.36. The molecule has 0 bridgehead atoms. The van der Waals surface area contributed by atoms with Crippen LogP contribution in [0.15, 0.2) is 97.1 Å². The minimum Gasteiger partial charge on any atom is -0.479 e. The van der Waals surface area contributed by atoms with Crippen molar-refractivity contribution in [2.45, 2.75) is 18.4 Å². The lowest BCUT2D eigenvalue weighted by atomic mass is 9.84. The number of benzene rings is 4. The Hall–Kier alpha value is -4.52. The second-order valence-electron chi connectivity index (χ2n) is 8.13. The normalized spacial score (nSPS) is 12.6. The highest BCUT2D eigenvalue weighted by molar-refractivity contribution is 6.08. The van der Waals surface area contributed by atoms with Gasteiger partial charge in [-0.05, 0) is 28.0 Å². The topological polar surface area (TPSA) is 110 Å². The van der Waals surface area contributed by atoms with Crippen molar-refractivity contribution in [1.29, 1.82) is 0 Å². The molecule has 1 atom stereocenters. The number of carbonyl (C=O) groups is 2. The first-order chi connectivity index (χ1) is 16.4. The Labute approximate surface area is 195 Å². The van der Waals surface area contributed by atoms with Gasteiger partial charge in [-0.1, -0.05) is 78.9 Å². The lowest BCUT2D eigenvalue weighted by Gasteiger charge is -2.31. The molecular weight excluding hydrogens is 432 g/mol. The number of carbonyl (C=O) groups excluding carboxylic acids is 1. The zero-order valence-electron chi connectivity index (χ0n) is 18.2. The van der Waals surface area contributed by atoms with Crippen LogP contribution in [0.5, 0.6) is 0 Å². The van der Waals surface area contributed by atoms with E-state index in [1.807, 2.05) is 36.4 Å². The molecule has 0 radical (unpaired) electrons. The molecule has 0 aliphatic carbocycles. The van der Waals surface area contributed by atoms with Crippen molar-refractivity contribution in [2.75, 3.05) is 0 Å². The molecule has 4 aromatic carbocycles. The first-order valence-electron chi connectivity index (χ1n) is 10.7. The summed E-state index contributed by atoms with van der Waals surface area (Å²) in [5.41, 5.74) is -0.0916. The van der Waals surface area contributed by atoms with Crippen LogP contribution in [0.4, 0.5) is 5.69 Å². The molecule has 0 heterocycles. The summed E-state index contributed by atoms with van der Waals surface area (Å²) in [5, 5.41) is 25.8. The maximum atomic E-state index is 13.4. The highest BCUT2D eigenvalue weighted by atomic mass is 16.6. The van der Waals surface area contributed by atoms with Crippen LogP contribution in [0, 0.1) is 10.1 Å². The number of carboxylic acid groups (broad SMARTS) is 1. The van der Waals surface area contributed by atoms with E-state index < -0.39 is 22.3 Å². The van der Waals surface area contributed by atoms with Crippen LogP contribution < -0.4 is 5.32 Å². The van der Waals surface area contributed by atoms with Crippen molar-refractivity contribution >= 4 is 28.3 Å². The van der Waals surface area contributed by atoms with Crippen molar-refractivity contribution in [1.82, 2.24) is 5.32 Å². The van der Waals surface area contributed by atoms with Gasteiger partial charge in [-0.3, -0.25) is 14.9 Å². The number of nitrogens with zero attached hydrogens (tertiary/aromatic N) is 1. The van der Waals surface area contributed by atoms with E-state index in [9.17, 15) is 24.8 Å². The molecule has 0 aliphatic rings. The second-order valence-corrected chi connectivity index (χ2v) is 8.13. The summed E-state index contributed by atoms with van der Waals surface area (Å²) in [4.78, 5) is 36.6. The van der Waals surface area contributed by atoms with Crippen molar-refractivity contribution in [2.24, 2.45) is 0 Å². The van der Waals surface area contributed by atoms with Gasteiger partial charge in [0, 0.05) is 30.5 Å². The molecule has 170 valence electrons. The summed E-state index contributed by atoms with van der Waals surface area (Å²) < 4.78 is 0. The monoisotopic (exact) mass is 454 g/mol. The van der Waals surface area contributed by atoms with Crippen LogP contribution in [-0.4, -0.2) is 27.4 Å². The van der Waals surface area contributed by atoms with Crippen molar-refractivity contribution in [3.63, 3.8) is 0 Å². The number of fused-ring (bicyclic) bond motifs is 1. The summed E-state index contributed by atoms with van der Waals surface area (Å²) in [5.74, 6) is -1.69. The summed E-state index contributed by atoms with van der Waals surface area (Å²) in [7, 11) is 0. The summed E-state index contributed by atoms with van der Waals surface area (Å²) >= 11 is 0. The Morgan fingerprint density at radius 3 is 2.03 bits per heavy atom. The van der Waals surface area contributed by atoms with Gasteiger partial charge in [0.2, 0.25) is 0 Å². The van der Waals surface area contributed by atoms with Crippen LogP contribution in [0.1, 0.15) is 21.5 Å². The predicted octanol–water partition coefficient (Wildman–Crippen LogP) is 4.79. The van der Waals surface area contributed by atoms with E-state index in [1.54, 1.807) is 36.4 Å². The maximum absolute atomic E-state index is 13.4. The van der Waals surface area contributed by atoms with Crippen LogP contribution in [-0.2, 0) is 17.6 Å². The van der Waals surface area contributed by atoms with Gasteiger partial charge in [0.1, 0.15) is 5.54 Å². The molecule has 2 N–H and O–H groups in total. The zero-order chi connectivity index (χ0) is 24.1. The lowest BCUT2D eigenvalue weighted by molar-refractivity contribution is -0.384. The summed E-state index contributed by atoms with van der Waals surface area (Å²) in [6, 6.07) is 27.5. The van der Waals surface area contributed by atoms with E-state index in [4.69, 9.17) is 0 Å². The molecule has 0 spiro atoms. The van der Waals surface area contributed by atoms with Crippen LogP contribution >= 0.6 is 0 Å². The molecule has 0 saturated heterocycles. The van der Waals surface area contributed by atoms with Crippen molar-refractivity contribution in [3.8, 4) is 0 Å². The molecule has 4 rings (SSSR count). The largest absolute Gasteiger partial charge is 0.479 e. The van der Waals surface area contributed by atoms with E-state index in [-0.39, 0.29) is 18.5 Å². The average molecular weight is 454 g/mol. The van der Waals surface area contributed by atoms with Gasteiger partial charge in [0.15, 0.2) is 0 Å². The van der Waals surface area contributed by atoms with E-state index in [2.05, 4.69) is 5.32 Å². The second kappa shape index (κ2) is 9.54. The van der Waals surface area contributed by atoms with E-state index in [1.165, 1.54) is 24.3 Å². The number of hydrogen-bond donors (Lipinski definition) is 2.